The number of ether oxygens (including phenoxy) is 2. The van der Waals surface area contributed by atoms with Gasteiger partial charge in [-0.05, 0) is 44.0 Å². The van der Waals surface area contributed by atoms with E-state index in [9.17, 15) is 0 Å². The molecule has 0 radical (unpaired) electrons. The molecule has 0 aliphatic carbocycles. The molecule has 118 valence electrons. The zero-order chi connectivity index (χ0) is 15.4. The average molecular weight is 318 g/mol. The van der Waals surface area contributed by atoms with Crippen molar-refractivity contribution in [2.45, 2.75) is 19.8 Å². The fraction of sp³-hybridized carbons (Fsp3) is 0.471. The molecule has 2 aromatic rings. The minimum absolute atomic E-state index is 0.556. The number of benzene rings is 1. The van der Waals surface area contributed by atoms with Crippen LogP contribution >= 0.6 is 11.3 Å². The molecule has 0 saturated carbocycles. The van der Waals surface area contributed by atoms with Crippen LogP contribution in [0.2, 0.25) is 0 Å². The molecule has 4 nitrogen and oxygen atoms in total. The van der Waals surface area contributed by atoms with Crippen LogP contribution in [0.4, 0.5) is 5.13 Å². The van der Waals surface area contributed by atoms with E-state index in [2.05, 4.69) is 15.3 Å². The lowest BCUT2D eigenvalue weighted by Gasteiger charge is -2.32. The predicted molar refractivity (Wildman–Crippen MR) is 90.3 cm³/mol. The Balaban J connectivity index is 1.53. The van der Waals surface area contributed by atoms with Crippen LogP contribution in [-0.2, 0) is 0 Å². The van der Waals surface area contributed by atoms with Crippen LogP contribution in [0.5, 0.6) is 11.5 Å². The highest BCUT2D eigenvalue weighted by Gasteiger charge is 2.22. The molecule has 0 unspecified atom stereocenters. The third-order valence-corrected chi connectivity index (χ3v) is 4.96. The standard InChI is InChI=1S/C17H22N2O2S/c1-13-12-22-17(18-13)19-9-3-4-14(10-19)11-21-16-7-5-15(20-2)6-8-16/h5-8,12,14H,3-4,9-11H2,1-2H3/t14-/m0/s1. The summed E-state index contributed by atoms with van der Waals surface area (Å²) in [5, 5.41) is 3.26. The number of thiazole rings is 1. The lowest BCUT2D eigenvalue weighted by atomic mass is 9.99. The number of rotatable bonds is 5. The molecule has 1 aliphatic heterocycles. The van der Waals surface area contributed by atoms with Crippen molar-refractivity contribution in [2.24, 2.45) is 5.92 Å². The summed E-state index contributed by atoms with van der Waals surface area (Å²) in [5.74, 6) is 2.32. The third-order valence-electron chi connectivity index (χ3n) is 3.94. The molecule has 1 saturated heterocycles. The molecule has 2 heterocycles. The van der Waals surface area contributed by atoms with Gasteiger partial charge in [-0.3, -0.25) is 0 Å². The first-order chi connectivity index (χ1) is 10.7. The molecule has 0 N–H and O–H groups in total. The van der Waals surface area contributed by atoms with Crippen LogP contribution in [0.15, 0.2) is 29.6 Å². The summed E-state index contributed by atoms with van der Waals surface area (Å²) in [7, 11) is 1.67. The molecule has 1 aliphatic rings. The minimum atomic E-state index is 0.556. The fourth-order valence-electron chi connectivity index (χ4n) is 2.75. The van der Waals surface area contributed by atoms with Gasteiger partial charge in [0.05, 0.1) is 19.4 Å². The number of nitrogens with zero attached hydrogens (tertiary/aromatic N) is 2. The van der Waals surface area contributed by atoms with Crippen LogP contribution in [-0.4, -0.2) is 31.8 Å². The lowest BCUT2D eigenvalue weighted by Crippen LogP contribution is -2.37. The Labute approximate surface area is 135 Å². The summed E-state index contributed by atoms with van der Waals surface area (Å²) in [4.78, 5) is 6.99. The number of hydrogen-bond acceptors (Lipinski definition) is 5. The summed E-state index contributed by atoms with van der Waals surface area (Å²) in [6.07, 6.45) is 2.42. The third kappa shape index (κ3) is 3.71. The largest absolute Gasteiger partial charge is 0.497 e. The van der Waals surface area contributed by atoms with E-state index in [0.717, 1.165) is 42.0 Å². The van der Waals surface area contributed by atoms with Crippen LogP contribution in [0.25, 0.3) is 0 Å². The van der Waals surface area contributed by atoms with Gasteiger partial charge in [-0.2, -0.15) is 0 Å². The Morgan fingerprint density at radius 1 is 1.27 bits per heavy atom. The van der Waals surface area contributed by atoms with Gasteiger partial charge in [-0.25, -0.2) is 4.98 Å². The average Bonchev–Trinajstić information content (AvgIpc) is 3.00. The quantitative estimate of drug-likeness (QED) is 0.841. The maximum atomic E-state index is 5.94. The summed E-state index contributed by atoms with van der Waals surface area (Å²) in [6, 6.07) is 7.79. The van der Waals surface area contributed by atoms with Crippen molar-refractivity contribution in [1.82, 2.24) is 4.98 Å². The van der Waals surface area contributed by atoms with Gasteiger partial charge >= 0.3 is 0 Å². The summed E-state index contributed by atoms with van der Waals surface area (Å²) >= 11 is 1.74. The Hall–Kier alpha value is -1.75. The highest BCUT2D eigenvalue weighted by molar-refractivity contribution is 7.13. The number of piperidine rings is 1. The molecule has 1 atom stereocenters. The molecule has 0 spiro atoms. The number of methoxy groups -OCH3 is 1. The summed E-state index contributed by atoms with van der Waals surface area (Å²) in [6.45, 7) is 4.94. The molecule has 1 aromatic heterocycles. The SMILES string of the molecule is COc1ccc(OC[C@H]2CCCN(c3nc(C)cs3)C2)cc1. The van der Waals surface area contributed by atoms with Crippen molar-refractivity contribution in [3.63, 3.8) is 0 Å². The van der Waals surface area contributed by atoms with Gasteiger partial charge in [0.25, 0.3) is 0 Å². The number of hydrogen-bond donors (Lipinski definition) is 0. The highest BCUT2D eigenvalue weighted by Crippen LogP contribution is 2.27. The van der Waals surface area contributed by atoms with Crippen molar-refractivity contribution < 1.29 is 9.47 Å². The van der Waals surface area contributed by atoms with Gasteiger partial charge in [-0.15, -0.1) is 11.3 Å². The second-order valence-electron chi connectivity index (χ2n) is 5.71. The van der Waals surface area contributed by atoms with Gasteiger partial charge in [0.15, 0.2) is 5.13 Å². The smallest absolute Gasteiger partial charge is 0.185 e. The first kappa shape index (κ1) is 15.2. The van der Waals surface area contributed by atoms with Crippen molar-refractivity contribution in [3.05, 3.63) is 35.3 Å². The Kier molecular flexibility index (Phi) is 4.83. The molecular weight excluding hydrogens is 296 g/mol. The van der Waals surface area contributed by atoms with Gasteiger partial charge in [0.1, 0.15) is 11.5 Å². The van der Waals surface area contributed by atoms with Gasteiger partial charge < -0.3 is 14.4 Å². The second kappa shape index (κ2) is 7.01. The van der Waals surface area contributed by atoms with E-state index in [1.165, 1.54) is 12.8 Å². The van der Waals surface area contributed by atoms with Crippen LogP contribution in [0.1, 0.15) is 18.5 Å². The Bertz CT molecular complexity index is 597. The van der Waals surface area contributed by atoms with E-state index >= 15 is 0 Å². The summed E-state index contributed by atoms with van der Waals surface area (Å²) in [5.41, 5.74) is 1.11. The maximum absolute atomic E-state index is 5.94. The fourth-order valence-corrected chi connectivity index (χ4v) is 3.59. The van der Waals surface area contributed by atoms with E-state index in [1.54, 1.807) is 18.4 Å². The molecule has 1 fully saturated rings. The van der Waals surface area contributed by atoms with Crippen LogP contribution < -0.4 is 14.4 Å². The molecule has 1 aromatic carbocycles. The molecule has 3 rings (SSSR count). The molecular formula is C17H22N2O2S. The molecule has 5 heteroatoms. The maximum Gasteiger partial charge on any atom is 0.185 e. The highest BCUT2D eigenvalue weighted by atomic mass is 32.1. The normalized spacial score (nSPS) is 18.3. The second-order valence-corrected chi connectivity index (χ2v) is 6.55. The van der Waals surface area contributed by atoms with Gasteiger partial charge in [0.2, 0.25) is 0 Å². The van der Waals surface area contributed by atoms with Crippen LogP contribution in [0.3, 0.4) is 0 Å². The van der Waals surface area contributed by atoms with Crippen molar-refractivity contribution in [1.29, 1.82) is 0 Å². The van der Waals surface area contributed by atoms with Crippen molar-refractivity contribution >= 4 is 16.5 Å². The number of anilines is 1. The van der Waals surface area contributed by atoms with Crippen molar-refractivity contribution in [3.8, 4) is 11.5 Å². The lowest BCUT2D eigenvalue weighted by molar-refractivity contribution is 0.228. The zero-order valence-electron chi connectivity index (χ0n) is 13.1. The van der Waals surface area contributed by atoms with E-state index in [1.807, 2.05) is 31.2 Å². The van der Waals surface area contributed by atoms with E-state index in [0.29, 0.717) is 5.92 Å². The van der Waals surface area contributed by atoms with E-state index in [4.69, 9.17) is 9.47 Å². The van der Waals surface area contributed by atoms with E-state index < -0.39 is 0 Å². The number of aryl methyl sites for hydroxylation is 1. The minimum Gasteiger partial charge on any atom is -0.497 e. The van der Waals surface area contributed by atoms with Gasteiger partial charge in [0, 0.05) is 24.4 Å². The predicted octanol–water partition coefficient (Wildman–Crippen LogP) is 3.76. The summed E-state index contributed by atoms with van der Waals surface area (Å²) < 4.78 is 11.1. The van der Waals surface area contributed by atoms with Crippen molar-refractivity contribution in [2.75, 3.05) is 31.7 Å². The van der Waals surface area contributed by atoms with E-state index in [-0.39, 0.29) is 0 Å². The molecule has 22 heavy (non-hydrogen) atoms. The zero-order valence-corrected chi connectivity index (χ0v) is 13.9. The Morgan fingerprint density at radius 3 is 2.73 bits per heavy atom. The topological polar surface area (TPSA) is 34.6 Å². The number of aromatic nitrogens is 1. The molecule has 0 amide bonds. The van der Waals surface area contributed by atoms with Crippen LogP contribution in [0, 0.1) is 12.8 Å². The molecule has 0 bridgehead atoms. The first-order valence-corrected chi connectivity index (χ1v) is 8.56. The Morgan fingerprint density at radius 2 is 2.05 bits per heavy atom. The first-order valence-electron chi connectivity index (χ1n) is 7.68. The van der Waals surface area contributed by atoms with Gasteiger partial charge in [-0.1, -0.05) is 0 Å². The monoisotopic (exact) mass is 318 g/mol.